The molecule has 1 atom stereocenters. The van der Waals surface area contributed by atoms with Gasteiger partial charge in [0.2, 0.25) is 6.10 Å². The molecule has 19 heavy (non-hydrogen) atoms. The van der Waals surface area contributed by atoms with Crippen molar-refractivity contribution in [1.29, 1.82) is 0 Å². The van der Waals surface area contributed by atoms with Crippen LogP contribution in [0.2, 0.25) is 0 Å². The Labute approximate surface area is 111 Å². The zero-order valence-corrected chi connectivity index (χ0v) is 10.8. The van der Waals surface area contributed by atoms with E-state index in [2.05, 4.69) is 6.92 Å². The molecule has 1 aliphatic heterocycles. The Balaban J connectivity index is 1.77. The molecule has 0 saturated carbocycles. The fourth-order valence-corrected chi connectivity index (χ4v) is 1.74. The van der Waals surface area contributed by atoms with Crippen molar-refractivity contribution in [3.8, 4) is 5.75 Å². The van der Waals surface area contributed by atoms with Gasteiger partial charge in [-0.25, -0.2) is 9.59 Å². The minimum Gasteiger partial charge on any atom is -0.482 e. The summed E-state index contributed by atoms with van der Waals surface area (Å²) in [6.07, 6.45) is 0.584. The first-order valence-corrected chi connectivity index (χ1v) is 6.27. The molecule has 0 bridgehead atoms. The summed E-state index contributed by atoms with van der Waals surface area (Å²) in [5.41, 5.74) is 1.20. The number of esters is 2. The number of aryl methyl sites for hydroxylation is 1. The van der Waals surface area contributed by atoms with Crippen molar-refractivity contribution in [1.82, 2.24) is 0 Å². The van der Waals surface area contributed by atoms with Gasteiger partial charge in [-0.3, -0.25) is 0 Å². The van der Waals surface area contributed by atoms with Crippen molar-refractivity contribution >= 4 is 11.9 Å². The first-order chi connectivity index (χ1) is 9.19. The molecule has 1 fully saturated rings. The van der Waals surface area contributed by atoms with Crippen LogP contribution in [0.4, 0.5) is 0 Å². The van der Waals surface area contributed by atoms with Gasteiger partial charge in [0.1, 0.15) is 5.75 Å². The number of carbonyl (C=O) groups is 2. The van der Waals surface area contributed by atoms with Gasteiger partial charge >= 0.3 is 11.9 Å². The Morgan fingerprint density at radius 2 is 2.11 bits per heavy atom. The van der Waals surface area contributed by atoms with Gasteiger partial charge in [0.15, 0.2) is 6.61 Å². The fourth-order valence-electron chi connectivity index (χ4n) is 1.74. The van der Waals surface area contributed by atoms with Gasteiger partial charge < -0.3 is 14.2 Å². The second-order valence-electron chi connectivity index (χ2n) is 4.22. The van der Waals surface area contributed by atoms with Crippen LogP contribution in [0.15, 0.2) is 24.3 Å². The van der Waals surface area contributed by atoms with Gasteiger partial charge in [-0.2, -0.15) is 0 Å². The normalized spacial score (nSPS) is 17.9. The number of ether oxygens (including phenoxy) is 3. The number of carbonyl (C=O) groups excluding carboxylic acids is 2. The molecule has 0 amide bonds. The molecule has 0 N–H and O–H groups in total. The van der Waals surface area contributed by atoms with Gasteiger partial charge in [0.05, 0.1) is 6.61 Å². The first kappa shape index (κ1) is 13.4. The average Bonchev–Trinajstić information content (AvgIpc) is 2.82. The Morgan fingerprint density at radius 1 is 1.37 bits per heavy atom. The maximum absolute atomic E-state index is 11.5. The average molecular weight is 264 g/mol. The van der Waals surface area contributed by atoms with Gasteiger partial charge in [-0.05, 0) is 24.1 Å². The summed E-state index contributed by atoms with van der Waals surface area (Å²) in [5, 5.41) is 0. The predicted molar refractivity (Wildman–Crippen MR) is 66.8 cm³/mol. The van der Waals surface area contributed by atoms with Crippen LogP contribution in [0.25, 0.3) is 0 Å². The molecule has 1 aromatic rings. The number of hydrogen-bond donors (Lipinski definition) is 0. The molecule has 0 radical (unpaired) electrons. The van der Waals surface area contributed by atoms with Crippen LogP contribution in [0.5, 0.6) is 5.75 Å². The Bertz CT molecular complexity index is 451. The molecule has 5 heteroatoms. The Kier molecular flexibility index (Phi) is 4.39. The molecule has 102 valence electrons. The highest BCUT2D eigenvalue weighted by molar-refractivity contribution is 5.81. The SMILES string of the molecule is CCc1ccc(OCC(=O)OC2CCOC2=O)cc1. The molecule has 0 aromatic heterocycles. The lowest BCUT2D eigenvalue weighted by Crippen LogP contribution is -2.26. The topological polar surface area (TPSA) is 61.8 Å². The second-order valence-corrected chi connectivity index (χ2v) is 4.22. The van der Waals surface area contributed by atoms with Crippen LogP contribution in [0, 0.1) is 0 Å². The maximum Gasteiger partial charge on any atom is 0.347 e. The number of rotatable bonds is 5. The minimum absolute atomic E-state index is 0.213. The van der Waals surface area contributed by atoms with Crippen molar-refractivity contribution in [2.24, 2.45) is 0 Å². The standard InChI is InChI=1S/C14H16O5/c1-2-10-3-5-11(6-4-10)18-9-13(15)19-12-7-8-17-14(12)16/h3-6,12H,2,7-9H2,1H3. The summed E-state index contributed by atoms with van der Waals surface area (Å²) >= 11 is 0. The van der Waals surface area contributed by atoms with E-state index < -0.39 is 18.0 Å². The van der Waals surface area contributed by atoms with Crippen LogP contribution < -0.4 is 4.74 Å². The second kappa shape index (κ2) is 6.22. The lowest BCUT2D eigenvalue weighted by atomic mass is 10.2. The van der Waals surface area contributed by atoms with Gasteiger partial charge in [-0.15, -0.1) is 0 Å². The van der Waals surface area contributed by atoms with Crippen molar-refractivity contribution < 1.29 is 23.8 Å². The van der Waals surface area contributed by atoms with E-state index in [9.17, 15) is 9.59 Å². The van der Waals surface area contributed by atoms with Crippen molar-refractivity contribution in [3.63, 3.8) is 0 Å². The van der Waals surface area contributed by atoms with E-state index in [1.54, 1.807) is 12.1 Å². The van der Waals surface area contributed by atoms with Crippen molar-refractivity contribution in [2.75, 3.05) is 13.2 Å². The summed E-state index contributed by atoms with van der Waals surface area (Å²) in [4.78, 5) is 22.6. The van der Waals surface area contributed by atoms with E-state index in [1.165, 1.54) is 5.56 Å². The van der Waals surface area contributed by atoms with E-state index in [0.717, 1.165) is 6.42 Å². The molecule has 0 aliphatic carbocycles. The lowest BCUT2D eigenvalue weighted by Gasteiger charge is -2.09. The molecule has 1 heterocycles. The van der Waals surface area contributed by atoms with Crippen molar-refractivity contribution in [2.45, 2.75) is 25.9 Å². The number of hydrogen-bond acceptors (Lipinski definition) is 5. The van der Waals surface area contributed by atoms with E-state index in [-0.39, 0.29) is 6.61 Å². The Morgan fingerprint density at radius 3 is 2.68 bits per heavy atom. The zero-order valence-electron chi connectivity index (χ0n) is 10.8. The van der Waals surface area contributed by atoms with Gasteiger partial charge in [0.25, 0.3) is 0 Å². The molecular weight excluding hydrogens is 248 g/mol. The van der Waals surface area contributed by atoms with E-state index in [4.69, 9.17) is 14.2 Å². The molecule has 1 unspecified atom stereocenters. The third-order valence-electron chi connectivity index (χ3n) is 2.85. The summed E-state index contributed by atoms with van der Waals surface area (Å²) in [6, 6.07) is 7.48. The third kappa shape index (κ3) is 3.71. The smallest absolute Gasteiger partial charge is 0.347 e. The number of benzene rings is 1. The molecule has 1 aromatic carbocycles. The Hall–Kier alpha value is -2.04. The van der Waals surface area contributed by atoms with E-state index in [0.29, 0.717) is 18.8 Å². The van der Waals surface area contributed by atoms with Gasteiger partial charge in [-0.1, -0.05) is 19.1 Å². The quantitative estimate of drug-likeness (QED) is 0.754. The molecule has 2 rings (SSSR count). The molecule has 1 saturated heterocycles. The first-order valence-electron chi connectivity index (χ1n) is 6.27. The molecular formula is C14H16O5. The highest BCUT2D eigenvalue weighted by Crippen LogP contribution is 2.14. The zero-order chi connectivity index (χ0) is 13.7. The van der Waals surface area contributed by atoms with Crippen molar-refractivity contribution in [3.05, 3.63) is 29.8 Å². The summed E-state index contributed by atoms with van der Waals surface area (Å²) < 4.78 is 14.9. The van der Waals surface area contributed by atoms with Crippen LogP contribution in [0.1, 0.15) is 18.9 Å². The largest absolute Gasteiger partial charge is 0.482 e. The molecule has 5 nitrogen and oxygen atoms in total. The fraction of sp³-hybridized carbons (Fsp3) is 0.429. The lowest BCUT2D eigenvalue weighted by molar-refractivity contribution is -0.161. The van der Waals surface area contributed by atoms with Gasteiger partial charge in [0, 0.05) is 6.42 Å². The highest BCUT2D eigenvalue weighted by Gasteiger charge is 2.30. The predicted octanol–water partition coefficient (Wildman–Crippen LogP) is 1.49. The monoisotopic (exact) mass is 264 g/mol. The van der Waals surface area contributed by atoms with Crippen LogP contribution in [-0.4, -0.2) is 31.3 Å². The van der Waals surface area contributed by atoms with E-state index in [1.807, 2.05) is 12.1 Å². The summed E-state index contributed by atoms with van der Waals surface area (Å²) in [6.45, 7) is 2.15. The summed E-state index contributed by atoms with van der Waals surface area (Å²) in [5.74, 6) is -0.452. The molecule has 0 spiro atoms. The van der Waals surface area contributed by atoms with E-state index >= 15 is 0 Å². The third-order valence-corrected chi connectivity index (χ3v) is 2.85. The number of cyclic esters (lactones) is 1. The molecule has 1 aliphatic rings. The maximum atomic E-state index is 11.5. The summed E-state index contributed by atoms with van der Waals surface area (Å²) in [7, 11) is 0. The van der Waals surface area contributed by atoms with Crippen LogP contribution >= 0.6 is 0 Å². The van der Waals surface area contributed by atoms with Crippen LogP contribution in [0.3, 0.4) is 0 Å². The minimum atomic E-state index is -0.779. The van der Waals surface area contributed by atoms with Crippen LogP contribution in [-0.2, 0) is 25.5 Å². The highest BCUT2D eigenvalue weighted by atomic mass is 16.6.